The predicted octanol–water partition coefficient (Wildman–Crippen LogP) is 2.83. The molecule has 1 atom stereocenters. The van der Waals surface area contributed by atoms with E-state index in [1.54, 1.807) is 14.2 Å². The third-order valence-corrected chi connectivity index (χ3v) is 4.09. The average Bonchev–Trinajstić information content (AvgIpc) is 2.90. The molecular weight excluding hydrogens is 290 g/mol. The number of hydrogen-bond acceptors (Lipinski definition) is 4. The lowest BCUT2D eigenvalue weighted by Crippen LogP contribution is -2.17. The van der Waals surface area contributed by atoms with E-state index < -0.39 is 0 Å². The number of benzene rings is 1. The van der Waals surface area contributed by atoms with Gasteiger partial charge in [-0.2, -0.15) is 5.10 Å². The van der Waals surface area contributed by atoms with Crippen molar-refractivity contribution in [1.29, 1.82) is 0 Å². The Labute approximate surface area is 138 Å². The zero-order chi connectivity index (χ0) is 17.2. The van der Waals surface area contributed by atoms with E-state index in [-0.39, 0.29) is 11.3 Å². The van der Waals surface area contributed by atoms with Crippen LogP contribution in [0.5, 0.6) is 11.5 Å². The lowest BCUT2D eigenvalue weighted by Gasteiger charge is -2.19. The molecule has 0 bridgehead atoms. The van der Waals surface area contributed by atoms with Gasteiger partial charge in [-0.25, -0.2) is 0 Å². The molecule has 2 rings (SSSR count). The first kappa shape index (κ1) is 17.3. The van der Waals surface area contributed by atoms with E-state index in [9.17, 15) is 0 Å². The highest BCUT2D eigenvalue weighted by atomic mass is 16.5. The first-order valence-corrected chi connectivity index (χ1v) is 7.78. The van der Waals surface area contributed by atoms with Gasteiger partial charge in [0.05, 0.1) is 19.9 Å². The summed E-state index contributed by atoms with van der Waals surface area (Å²) in [5.41, 5.74) is 9.27. The van der Waals surface area contributed by atoms with Gasteiger partial charge in [-0.15, -0.1) is 0 Å². The van der Waals surface area contributed by atoms with Crippen LogP contribution < -0.4 is 15.2 Å². The molecule has 0 radical (unpaired) electrons. The van der Waals surface area contributed by atoms with E-state index in [0.29, 0.717) is 6.54 Å². The Kier molecular flexibility index (Phi) is 5.00. The lowest BCUT2D eigenvalue weighted by molar-refractivity contribution is 0.389. The lowest BCUT2D eigenvalue weighted by atomic mass is 9.89. The molecule has 5 heteroatoms. The van der Waals surface area contributed by atoms with Gasteiger partial charge in [-0.3, -0.25) is 4.68 Å². The normalized spacial score (nSPS) is 13.0. The van der Waals surface area contributed by atoms with Crippen LogP contribution >= 0.6 is 0 Å². The van der Waals surface area contributed by atoms with Crippen molar-refractivity contribution in [2.75, 3.05) is 20.8 Å². The Bertz CT molecular complexity index is 671. The summed E-state index contributed by atoms with van der Waals surface area (Å²) in [6, 6.07) is 7.97. The SMILES string of the molecule is COc1ccc(C(CN)c2cc(C(C)(C)C)nn2C)c(OC)c1. The molecule has 2 N–H and O–H groups in total. The van der Waals surface area contributed by atoms with Crippen molar-refractivity contribution in [2.24, 2.45) is 12.8 Å². The molecule has 5 nitrogen and oxygen atoms in total. The molecule has 0 saturated carbocycles. The zero-order valence-corrected chi connectivity index (χ0v) is 14.9. The maximum absolute atomic E-state index is 6.09. The van der Waals surface area contributed by atoms with Crippen LogP contribution in [0.4, 0.5) is 0 Å². The summed E-state index contributed by atoms with van der Waals surface area (Å²) in [7, 11) is 5.27. The fraction of sp³-hybridized carbons (Fsp3) is 0.500. The summed E-state index contributed by atoms with van der Waals surface area (Å²) in [6.45, 7) is 6.95. The summed E-state index contributed by atoms with van der Waals surface area (Å²) >= 11 is 0. The number of aromatic nitrogens is 2. The van der Waals surface area contributed by atoms with E-state index in [0.717, 1.165) is 28.5 Å². The number of rotatable bonds is 5. The monoisotopic (exact) mass is 317 g/mol. The number of hydrogen-bond donors (Lipinski definition) is 1. The van der Waals surface area contributed by atoms with Crippen molar-refractivity contribution in [1.82, 2.24) is 9.78 Å². The molecule has 1 aromatic carbocycles. The third-order valence-electron chi connectivity index (χ3n) is 4.09. The maximum Gasteiger partial charge on any atom is 0.126 e. The highest BCUT2D eigenvalue weighted by molar-refractivity contribution is 5.46. The Morgan fingerprint density at radius 2 is 1.87 bits per heavy atom. The van der Waals surface area contributed by atoms with Crippen molar-refractivity contribution in [2.45, 2.75) is 32.1 Å². The van der Waals surface area contributed by atoms with Crippen molar-refractivity contribution < 1.29 is 9.47 Å². The van der Waals surface area contributed by atoms with E-state index >= 15 is 0 Å². The van der Waals surface area contributed by atoms with Crippen LogP contribution in [-0.2, 0) is 12.5 Å². The van der Waals surface area contributed by atoms with Crippen LogP contribution in [-0.4, -0.2) is 30.5 Å². The highest BCUT2D eigenvalue weighted by Crippen LogP contribution is 2.35. The Morgan fingerprint density at radius 3 is 2.35 bits per heavy atom. The number of aryl methyl sites for hydroxylation is 1. The van der Waals surface area contributed by atoms with Gasteiger partial charge in [0.1, 0.15) is 11.5 Å². The van der Waals surface area contributed by atoms with Gasteiger partial charge in [-0.1, -0.05) is 26.8 Å². The third kappa shape index (κ3) is 3.50. The summed E-state index contributed by atoms with van der Waals surface area (Å²) in [4.78, 5) is 0. The van der Waals surface area contributed by atoms with Gasteiger partial charge in [0.15, 0.2) is 0 Å². The summed E-state index contributed by atoms with van der Waals surface area (Å²) < 4.78 is 12.7. The maximum atomic E-state index is 6.09. The van der Waals surface area contributed by atoms with Crippen LogP contribution in [0.2, 0.25) is 0 Å². The second-order valence-electron chi connectivity index (χ2n) is 6.72. The molecule has 1 heterocycles. The number of nitrogens with two attached hydrogens (primary N) is 1. The average molecular weight is 317 g/mol. The molecule has 1 aromatic heterocycles. The molecular formula is C18H27N3O2. The first-order chi connectivity index (χ1) is 10.8. The molecule has 0 aliphatic carbocycles. The smallest absolute Gasteiger partial charge is 0.126 e. The summed E-state index contributed by atoms with van der Waals surface area (Å²) in [5, 5.41) is 4.66. The summed E-state index contributed by atoms with van der Waals surface area (Å²) in [5.74, 6) is 1.56. The minimum atomic E-state index is -0.000840. The van der Waals surface area contributed by atoms with Gasteiger partial charge in [0, 0.05) is 42.2 Å². The minimum Gasteiger partial charge on any atom is -0.497 e. The van der Waals surface area contributed by atoms with Crippen LogP contribution in [0.1, 0.15) is 43.6 Å². The van der Waals surface area contributed by atoms with Gasteiger partial charge in [0.25, 0.3) is 0 Å². The first-order valence-electron chi connectivity index (χ1n) is 7.78. The van der Waals surface area contributed by atoms with Crippen LogP contribution in [0, 0.1) is 0 Å². The highest BCUT2D eigenvalue weighted by Gasteiger charge is 2.25. The van der Waals surface area contributed by atoms with Crippen molar-refractivity contribution in [3.63, 3.8) is 0 Å². The van der Waals surface area contributed by atoms with E-state index in [1.807, 2.05) is 29.9 Å². The van der Waals surface area contributed by atoms with Crippen molar-refractivity contribution in [3.8, 4) is 11.5 Å². The number of nitrogens with zero attached hydrogens (tertiary/aromatic N) is 2. The number of methoxy groups -OCH3 is 2. The molecule has 0 fully saturated rings. The fourth-order valence-corrected chi connectivity index (χ4v) is 2.69. The molecule has 23 heavy (non-hydrogen) atoms. The van der Waals surface area contributed by atoms with Crippen molar-refractivity contribution in [3.05, 3.63) is 41.2 Å². The van der Waals surface area contributed by atoms with Gasteiger partial charge < -0.3 is 15.2 Å². The molecule has 0 aliphatic heterocycles. The quantitative estimate of drug-likeness (QED) is 0.921. The van der Waals surface area contributed by atoms with E-state index in [2.05, 4.69) is 31.9 Å². The second kappa shape index (κ2) is 6.62. The Balaban J connectivity index is 2.50. The Hall–Kier alpha value is -2.01. The van der Waals surface area contributed by atoms with Crippen LogP contribution in [0.3, 0.4) is 0 Å². The predicted molar refractivity (Wildman–Crippen MR) is 92.4 cm³/mol. The van der Waals surface area contributed by atoms with Gasteiger partial charge in [0.2, 0.25) is 0 Å². The van der Waals surface area contributed by atoms with E-state index in [1.165, 1.54) is 0 Å². The van der Waals surface area contributed by atoms with Gasteiger partial charge >= 0.3 is 0 Å². The molecule has 2 aromatic rings. The molecule has 0 saturated heterocycles. The molecule has 1 unspecified atom stereocenters. The standard InChI is InChI=1S/C18H27N3O2/c1-18(2,3)17-10-15(21(4)20-17)14(11-19)13-8-7-12(22-5)9-16(13)23-6/h7-10,14H,11,19H2,1-6H3. The number of ether oxygens (including phenoxy) is 2. The topological polar surface area (TPSA) is 62.3 Å². The molecule has 0 amide bonds. The molecule has 126 valence electrons. The minimum absolute atomic E-state index is 0.000840. The Morgan fingerprint density at radius 1 is 1.17 bits per heavy atom. The molecule has 0 aliphatic rings. The van der Waals surface area contributed by atoms with Crippen LogP contribution in [0.25, 0.3) is 0 Å². The largest absolute Gasteiger partial charge is 0.497 e. The zero-order valence-electron chi connectivity index (χ0n) is 14.9. The molecule has 0 spiro atoms. The fourth-order valence-electron chi connectivity index (χ4n) is 2.69. The van der Waals surface area contributed by atoms with Gasteiger partial charge in [-0.05, 0) is 12.1 Å². The van der Waals surface area contributed by atoms with Crippen LogP contribution in [0.15, 0.2) is 24.3 Å². The van der Waals surface area contributed by atoms with E-state index in [4.69, 9.17) is 15.2 Å². The second-order valence-corrected chi connectivity index (χ2v) is 6.72. The van der Waals surface area contributed by atoms with Crippen molar-refractivity contribution >= 4 is 0 Å². The summed E-state index contributed by atoms with van der Waals surface area (Å²) in [6.07, 6.45) is 0.